The molecule has 0 bridgehead atoms. The van der Waals surface area contributed by atoms with E-state index in [-0.39, 0.29) is 5.91 Å². The number of hydrogen-bond acceptors (Lipinski definition) is 6. The predicted octanol–water partition coefficient (Wildman–Crippen LogP) is 3.37. The lowest BCUT2D eigenvalue weighted by atomic mass is 10.1. The second kappa shape index (κ2) is 10.5. The van der Waals surface area contributed by atoms with E-state index in [4.69, 9.17) is 0 Å². The number of nitrogens with zero attached hydrogens (tertiary/aromatic N) is 4. The van der Waals surface area contributed by atoms with Gasteiger partial charge in [-0.25, -0.2) is 0 Å². The number of rotatable bonds is 7. The van der Waals surface area contributed by atoms with E-state index in [0.717, 1.165) is 42.5 Å². The summed E-state index contributed by atoms with van der Waals surface area (Å²) in [7, 11) is 1.81. The highest BCUT2D eigenvalue weighted by molar-refractivity contribution is 7.19. The van der Waals surface area contributed by atoms with Crippen LogP contribution in [0.3, 0.4) is 0 Å². The zero-order chi connectivity index (χ0) is 20.5. The fourth-order valence-corrected chi connectivity index (χ4v) is 3.92. The van der Waals surface area contributed by atoms with Gasteiger partial charge in [0.25, 0.3) is 0 Å². The van der Waals surface area contributed by atoms with Gasteiger partial charge in [-0.05, 0) is 24.5 Å². The van der Waals surface area contributed by atoms with Gasteiger partial charge < -0.3 is 15.5 Å². The van der Waals surface area contributed by atoms with Crippen molar-refractivity contribution in [3.8, 4) is 0 Å². The summed E-state index contributed by atoms with van der Waals surface area (Å²) in [4.78, 5) is 18.8. The van der Waals surface area contributed by atoms with Gasteiger partial charge in [0.1, 0.15) is 5.84 Å². The fraction of sp³-hybridized carbons (Fsp3) is 0.333. The largest absolute Gasteiger partial charge is 0.357 e. The Morgan fingerprint density at radius 1 is 1.28 bits per heavy atom. The van der Waals surface area contributed by atoms with Crippen LogP contribution in [0.4, 0.5) is 10.3 Å². The van der Waals surface area contributed by atoms with Gasteiger partial charge in [-0.1, -0.05) is 60.4 Å². The maximum atomic E-state index is 12.2. The summed E-state index contributed by atoms with van der Waals surface area (Å²) < 4.78 is 0. The van der Waals surface area contributed by atoms with Crippen molar-refractivity contribution in [3.05, 3.63) is 60.7 Å². The molecule has 1 amide bonds. The highest BCUT2D eigenvalue weighted by Crippen LogP contribution is 2.23. The smallest absolute Gasteiger partial charge is 0.230 e. The first kappa shape index (κ1) is 20.7. The number of piperidine rings is 1. The van der Waals surface area contributed by atoms with Crippen LogP contribution >= 0.6 is 11.3 Å². The minimum atomic E-state index is -0.0915. The summed E-state index contributed by atoms with van der Waals surface area (Å²) in [6, 6.07) is 9.97. The minimum absolute atomic E-state index is 0.0915. The monoisotopic (exact) mass is 410 g/mol. The highest BCUT2D eigenvalue weighted by atomic mass is 32.1. The Hall–Kier alpha value is -3.00. The molecule has 2 heterocycles. The summed E-state index contributed by atoms with van der Waals surface area (Å²) in [5.41, 5.74) is 0.970. The lowest BCUT2D eigenvalue weighted by Gasteiger charge is -2.33. The molecule has 1 fully saturated rings. The molecule has 2 aromatic rings. The first-order valence-corrected chi connectivity index (χ1v) is 10.4. The lowest BCUT2D eigenvalue weighted by molar-refractivity contribution is -0.115. The molecule has 8 heteroatoms. The Morgan fingerprint density at radius 2 is 2.00 bits per heavy atom. The van der Waals surface area contributed by atoms with Crippen LogP contribution < -0.4 is 10.6 Å². The molecule has 0 radical (unpaired) electrons. The van der Waals surface area contributed by atoms with Gasteiger partial charge in [-0.2, -0.15) is 0 Å². The van der Waals surface area contributed by atoms with Crippen LogP contribution in [0.15, 0.2) is 60.1 Å². The molecule has 1 aromatic heterocycles. The first-order chi connectivity index (χ1) is 14.2. The van der Waals surface area contributed by atoms with Crippen molar-refractivity contribution in [3.63, 3.8) is 0 Å². The summed E-state index contributed by atoms with van der Waals surface area (Å²) in [6.45, 7) is 5.55. The van der Waals surface area contributed by atoms with Gasteiger partial charge in [-0.15, -0.1) is 10.2 Å². The number of benzene rings is 1. The third kappa shape index (κ3) is 6.25. The second-order valence-corrected chi connectivity index (χ2v) is 7.68. The van der Waals surface area contributed by atoms with E-state index in [9.17, 15) is 4.79 Å². The molecule has 2 N–H and O–H groups in total. The molecule has 1 aliphatic heterocycles. The van der Waals surface area contributed by atoms with Gasteiger partial charge in [-0.3, -0.25) is 9.79 Å². The quantitative estimate of drug-likeness (QED) is 0.415. The molecule has 1 aliphatic rings. The van der Waals surface area contributed by atoms with Crippen molar-refractivity contribution in [1.82, 2.24) is 15.1 Å². The van der Waals surface area contributed by atoms with Crippen molar-refractivity contribution in [2.24, 2.45) is 4.99 Å². The number of allylic oxidation sites excluding steroid dienone is 2. The van der Waals surface area contributed by atoms with E-state index in [1.165, 1.54) is 11.3 Å². The molecule has 0 saturated carbocycles. The molecular weight excluding hydrogens is 384 g/mol. The Labute approximate surface area is 175 Å². The van der Waals surface area contributed by atoms with Gasteiger partial charge in [0.15, 0.2) is 0 Å². The standard InChI is InChI=1S/C21H26N6OS/c1-3-4-10-18(22-2)27-13-11-17(12-14-27)23-20-25-26-21(29-20)24-19(28)15-16-8-6-5-7-9-16/h3-10,17H,1,11-15H2,2H3,(H,23,25)(H,24,26,28)/b10-4-,22-18+. The van der Waals surface area contributed by atoms with Crippen LogP contribution in [0.5, 0.6) is 0 Å². The highest BCUT2D eigenvalue weighted by Gasteiger charge is 2.21. The topological polar surface area (TPSA) is 82.5 Å². The number of nitrogens with one attached hydrogen (secondary N) is 2. The number of hydrogen-bond donors (Lipinski definition) is 2. The predicted molar refractivity (Wildman–Crippen MR) is 120 cm³/mol. The summed E-state index contributed by atoms with van der Waals surface area (Å²) in [5, 5.41) is 15.8. The van der Waals surface area contributed by atoms with Gasteiger partial charge in [0.2, 0.25) is 16.2 Å². The molecule has 0 atom stereocenters. The molecule has 0 aliphatic carbocycles. The molecule has 0 spiro atoms. The average molecular weight is 411 g/mol. The molecule has 29 heavy (non-hydrogen) atoms. The normalized spacial score (nSPS) is 15.5. The zero-order valence-electron chi connectivity index (χ0n) is 16.5. The van der Waals surface area contributed by atoms with Crippen molar-refractivity contribution < 1.29 is 4.79 Å². The molecule has 3 rings (SSSR count). The first-order valence-electron chi connectivity index (χ1n) is 9.62. The van der Waals surface area contributed by atoms with Crippen LogP contribution in [0.25, 0.3) is 0 Å². The van der Waals surface area contributed by atoms with E-state index < -0.39 is 0 Å². The van der Waals surface area contributed by atoms with Gasteiger partial charge in [0.05, 0.1) is 6.42 Å². The number of carbonyl (C=O) groups excluding carboxylic acids is 1. The Balaban J connectivity index is 1.46. The number of likely N-dealkylation sites (tertiary alicyclic amines) is 1. The third-order valence-electron chi connectivity index (χ3n) is 4.64. The maximum Gasteiger partial charge on any atom is 0.230 e. The van der Waals surface area contributed by atoms with Crippen LogP contribution in [0.2, 0.25) is 0 Å². The number of aromatic nitrogens is 2. The van der Waals surface area contributed by atoms with E-state index in [2.05, 4.69) is 37.3 Å². The minimum Gasteiger partial charge on any atom is -0.357 e. The van der Waals surface area contributed by atoms with Crippen molar-refractivity contribution >= 4 is 33.3 Å². The zero-order valence-corrected chi connectivity index (χ0v) is 17.4. The summed E-state index contributed by atoms with van der Waals surface area (Å²) in [5.74, 6) is 0.883. The number of aliphatic imine (C=N–C) groups is 1. The van der Waals surface area contributed by atoms with E-state index >= 15 is 0 Å². The summed E-state index contributed by atoms with van der Waals surface area (Å²) in [6.07, 6.45) is 7.93. The SMILES string of the molecule is C=C/C=C\C(=N/C)N1CCC(Nc2nnc(NC(=O)Cc3ccccc3)s2)CC1. The van der Waals surface area contributed by atoms with Crippen molar-refractivity contribution in [2.45, 2.75) is 25.3 Å². The third-order valence-corrected chi connectivity index (χ3v) is 5.41. The second-order valence-electron chi connectivity index (χ2n) is 6.71. The van der Waals surface area contributed by atoms with Crippen LogP contribution in [0.1, 0.15) is 18.4 Å². The number of amides is 1. The fourth-order valence-electron chi connectivity index (χ4n) is 3.18. The maximum absolute atomic E-state index is 12.2. The molecule has 7 nitrogen and oxygen atoms in total. The Morgan fingerprint density at radius 3 is 2.69 bits per heavy atom. The Bertz CT molecular complexity index is 868. The number of amidine groups is 1. The molecule has 1 saturated heterocycles. The number of carbonyl (C=O) groups is 1. The summed E-state index contributed by atoms with van der Waals surface area (Å²) >= 11 is 1.36. The van der Waals surface area contributed by atoms with E-state index in [1.54, 1.807) is 6.08 Å². The molecule has 1 aromatic carbocycles. The van der Waals surface area contributed by atoms with Gasteiger partial charge >= 0.3 is 0 Å². The van der Waals surface area contributed by atoms with E-state index in [1.807, 2.05) is 49.5 Å². The lowest BCUT2D eigenvalue weighted by Crippen LogP contribution is -2.41. The van der Waals surface area contributed by atoms with Crippen molar-refractivity contribution in [1.29, 1.82) is 0 Å². The van der Waals surface area contributed by atoms with Crippen LogP contribution in [-0.2, 0) is 11.2 Å². The van der Waals surface area contributed by atoms with E-state index in [0.29, 0.717) is 17.6 Å². The van der Waals surface area contributed by atoms with Crippen molar-refractivity contribution in [2.75, 3.05) is 30.8 Å². The van der Waals surface area contributed by atoms with Crippen LogP contribution in [-0.4, -0.2) is 53.0 Å². The molecule has 152 valence electrons. The number of anilines is 2. The molecule has 0 unspecified atom stereocenters. The average Bonchev–Trinajstić information content (AvgIpc) is 3.17. The Kier molecular flexibility index (Phi) is 7.52. The van der Waals surface area contributed by atoms with Gasteiger partial charge in [0, 0.05) is 26.2 Å². The van der Waals surface area contributed by atoms with Crippen LogP contribution in [0, 0.1) is 0 Å². The molecular formula is C21H26N6OS.